The largest absolute Gasteiger partial charge is 0.340 e. The molecule has 0 aromatic carbocycles. The molecule has 0 aromatic rings. The summed E-state index contributed by atoms with van der Waals surface area (Å²) in [4.78, 5) is 26.5. The van der Waals surface area contributed by atoms with Crippen LogP contribution in [0.2, 0.25) is 0 Å². The van der Waals surface area contributed by atoms with Crippen LogP contribution in [0.4, 0.5) is 0 Å². The van der Waals surface area contributed by atoms with Gasteiger partial charge in [-0.2, -0.15) is 11.8 Å². The van der Waals surface area contributed by atoms with Gasteiger partial charge in [0.05, 0.1) is 0 Å². The van der Waals surface area contributed by atoms with Crippen LogP contribution in [0.3, 0.4) is 0 Å². The molecule has 2 amide bonds. The monoisotopic (exact) mass is 286 g/mol. The summed E-state index contributed by atoms with van der Waals surface area (Å²) in [5.41, 5.74) is -0.720. The molecule has 1 rings (SSSR count). The molecule has 2 unspecified atom stereocenters. The highest BCUT2D eigenvalue weighted by Gasteiger charge is 2.45. The highest BCUT2D eigenvalue weighted by molar-refractivity contribution is 7.98. The first-order valence-electron chi connectivity index (χ1n) is 7.12. The van der Waals surface area contributed by atoms with Crippen molar-refractivity contribution in [1.82, 2.24) is 10.2 Å². The number of unbranched alkanes of at least 4 members (excludes halogenated alkanes) is 1. The Morgan fingerprint density at radius 3 is 2.53 bits per heavy atom. The van der Waals surface area contributed by atoms with E-state index in [4.69, 9.17) is 0 Å². The van der Waals surface area contributed by atoms with Crippen LogP contribution in [0.15, 0.2) is 0 Å². The number of nitrogens with zero attached hydrogens (tertiary/aromatic N) is 1. The molecule has 1 N–H and O–H groups in total. The topological polar surface area (TPSA) is 49.4 Å². The number of piperazine rings is 1. The van der Waals surface area contributed by atoms with Crippen molar-refractivity contribution in [1.29, 1.82) is 0 Å². The van der Waals surface area contributed by atoms with Gasteiger partial charge in [0, 0.05) is 6.54 Å². The van der Waals surface area contributed by atoms with Crippen molar-refractivity contribution in [3.63, 3.8) is 0 Å². The maximum Gasteiger partial charge on any atom is 0.248 e. The van der Waals surface area contributed by atoms with Crippen molar-refractivity contribution in [2.75, 3.05) is 18.6 Å². The summed E-state index contributed by atoms with van der Waals surface area (Å²) in [5.74, 6) is 1.18. The second-order valence-electron chi connectivity index (χ2n) is 5.30. The van der Waals surface area contributed by atoms with Gasteiger partial charge >= 0.3 is 0 Å². The molecule has 1 aliphatic heterocycles. The number of thioether (sulfide) groups is 1. The summed E-state index contributed by atoms with van der Waals surface area (Å²) in [6, 6.07) is -0.290. The fourth-order valence-corrected chi connectivity index (χ4v) is 2.93. The van der Waals surface area contributed by atoms with E-state index in [0.29, 0.717) is 19.4 Å². The Bertz CT molecular complexity index is 335. The van der Waals surface area contributed by atoms with Crippen LogP contribution in [0.25, 0.3) is 0 Å². The Labute approximate surface area is 120 Å². The van der Waals surface area contributed by atoms with Crippen molar-refractivity contribution in [2.45, 2.75) is 58.0 Å². The lowest BCUT2D eigenvalue weighted by Gasteiger charge is -2.44. The molecule has 5 heteroatoms. The van der Waals surface area contributed by atoms with E-state index < -0.39 is 5.54 Å². The molecule has 1 aliphatic rings. The minimum Gasteiger partial charge on any atom is -0.340 e. The van der Waals surface area contributed by atoms with Crippen LogP contribution in [0.1, 0.15) is 46.5 Å². The molecule has 1 heterocycles. The average Bonchev–Trinajstić information content (AvgIpc) is 2.40. The summed E-state index contributed by atoms with van der Waals surface area (Å²) in [6.07, 6.45) is 5.46. The zero-order valence-electron chi connectivity index (χ0n) is 12.5. The fraction of sp³-hybridized carbons (Fsp3) is 0.857. The number of amides is 2. The van der Waals surface area contributed by atoms with Gasteiger partial charge in [-0.15, -0.1) is 0 Å². The minimum atomic E-state index is -0.720. The van der Waals surface area contributed by atoms with Crippen LogP contribution in [-0.4, -0.2) is 46.8 Å². The smallest absolute Gasteiger partial charge is 0.248 e. The van der Waals surface area contributed by atoms with E-state index in [9.17, 15) is 9.59 Å². The Morgan fingerprint density at radius 2 is 2.00 bits per heavy atom. The number of rotatable bonds is 7. The normalized spacial score (nSPS) is 27.6. The van der Waals surface area contributed by atoms with Crippen LogP contribution in [0.5, 0.6) is 0 Å². The lowest BCUT2D eigenvalue weighted by molar-refractivity contribution is -0.154. The molecule has 0 aliphatic carbocycles. The molecule has 0 spiro atoms. The molecular formula is C14H26N2O2S. The maximum atomic E-state index is 12.6. The Hall–Kier alpha value is -0.710. The molecule has 2 atom stereocenters. The van der Waals surface area contributed by atoms with Gasteiger partial charge in [0.1, 0.15) is 11.6 Å². The first kappa shape index (κ1) is 16.3. The van der Waals surface area contributed by atoms with Crippen LogP contribution in [0, 0.1) is 0 Å². The Kier molecular flexibility index (Phi) is 6.17. The third kappa shape index (κ3) is 3.65. The van der Waals surface area contributed by atoms with Gasteiger partial charge in [-0.1, -0.05) is 13.8 Å². The molecule has 0 aromatic heterocycles. The van der Waals surface area contributed by atoms with Gasteiger partial charge < -0.3 is 10.2 Å². The maximum absolute atomic E-state index is 12.6. The summed E-state index contributed by atoms with van der Waals surface area (Å²) >= 11 is 1.82. The summed E-state index contributed by atoms with van der Waals surface area (Å²) in [6.45, 7) is 6.42. The first-order chi connectivity index (χ1) is 9.00. The van der Waals surface area contributed by atoms with Gasteiger partial charge in [-0.25, -0.2) is 0 Å². The molecule has 0 bridgehead atoms. The van der Waals surface area contributed by atoms with Crippen molar-refractivity contribution in [2.24, 2.45) is 0 Å². The van der Waals surface area contributed by atoms with Crippen molar-refractivity contribution in [3.05, 3.63) is 0 Å². The highest BCUT2D eigenvalue weighted by Crippen LogP contribution is 2.23. The second kappa shape index (κ2) is 7.17. The van der Waals surface area contributed by atoms with E-state index in [-0.39, 0.29) is 17.9 Å². The summed E-state index contributed by atoms with van der Waals surface area (Å²) in [7, 11) is 0. The lowest BCUT2D eigenvalue weighted by atomic mass is 9.91. The van der Waals surface area contributed by atoms with Crippen LogP contribution < -0.4 is 5.32 Å². The molecule has 1 fully saturated rings. The van der Waals surface area contributed by atoms with Crippen LogP contribution >= 0.6 is 11.8 Å². The molecular weight excluding hydrogens is 260 g/mol. The molecule has 4 nitrogen and oxygen atoms in total. The lowest BCUT2D eigenvalue weighted by Crippen LogP contribution is -2.68. The van der Waals surface area contributed by atoms with Crippen molar-refractivity contribution < 1.29 is 9.59 Å². The fourth-order valence-electron chi connectivity index (χ4n) is 2.44. The summed E-state index contributed by atoms with van der Waals surface area (Å²) in [5, 5.41) is 2.89. The zero-order chi connectivity index (χ0) is 14.5. The summed E-state index contributed by atoms with van der Waals surface area (Å²) < 4.78 is 0. The van der Waals surface area contributed by atoms with E-state index in [0.717, 1.165) is 18.6 Å². The third-order valence-corrected chi connectivity index (χ3v) is 4.60. The van der Waals surface area contributed by atoms with E-state index >= 15 is 0 Å². The number of hydrogen-bond acceptors (Lipinski definition) is 3. The standard InChI is InChI=1S/C14H26N2O2S/c1-5-11-12(17)15-14(3,6-2)13(18)16(11)9-7-8-10-19-4/h11H,5-10H2,1-4H3,(H,15,17). The highest BCUT2D eigenvalue weighted by atomic mass is 32.2. The number of carbonyl (C=O) groups excluding carboxylic acids is 2. The third-order valence-electron chi connectivity index (χ3n) is 3.90. The SMILES string of the molecule is CCC1C(=O)NC(C)(CC)C(=O)N1CCCCSC. The van der Waals surface area contributed by atoms with E-state index in [1.54, 1.807) is 4.90 Å². The zero-order valence-corrected chi connectivity index (χ0v) is 13.3. The second-order valence-corrected chi connectivity index (χ2v) is 6.28. The molecule has 19 heavy (non-hydrogen) atoms. The van der Waals surface area contributed by atoms with Gasteiger partial charge in [0.25, 0.3) is 0 Å². The van der Waals surface area contributed by atoms with E-state index in [2.05, 4.69) is 11.6 Å². The molecule has 110 valence electrons. The van der Waals surface area contributed by atoms with Gasteiger partial charge in [-0.05, 0) is 44.6 Å². The van der Waals surface area contributed by atoms with Crippen LogP contribution in [-0.2, 0) is 9.59 Å². The quantitative estimate of drug-likeness (QED) is 0.729. The average molecular weight is 286 g/mol. The van der Waals surface area contributed by atoms with Crippen molar-refractivity contribution in [3.8, 4) is 0 Å². The molecule has 0 radical (unpaired) electrons. The van der Waals surface area contributed by atoms with Crippen molar-refractivity contribution >= 4 is 23.6 Å². The molecule has 0 saturated carbocycles. The number of nitrogens with one attached hydrogen (secondary N) is 1. The predicted molar refractivity (Wildman–Crippen MR) is 80.2 cm³/mol. The molecule has 1 saturated heterocycles. The Balaban J connectivity index is 2.75. The van der Waals surface area contributed by atoms with Gasteiger partial charge in [-0.3, -0.25) is 9.59 Å². The minimum absolute atomic E-state index is 0.00341. The van der Waals surface area contributed by atoms with E-state index in [1.807, 2.05) is 32.5 Å². The number of hydrogen-bond donors (Lipinski definition) is 1. The first-order valence-corrected chi connectivity index (χ1v) is 8.51. The number of carbonyl (C=O) groups is 2. The Morgan fingerprint density at radius 1 is 1.32 bits per heavy atom. The van der Waals surface area contributed by atoms with Gasteiger partial charge in [0.15, 0.2) is 0 Å². The predicted octanol–water partition coefficient (Wildman–Crippen LogP) is 2.04. The van der Waals surface area contributed by atoms with Gasteiger partial charge in [0.2, 0.25) is 11.8 Å². The van der Waals surface area contributed by atoms with E-state index in [1.165, 1.54) is 0 Å².